The molecule has 0 radical (unpaired) electrons. The first kappa shape index (κ1) is 25.6. The zero-order valence-corrected chi connectivity index (χ0v) is 21.3. The molecular formula is C28H22BrN3O5. The first-order valence-electron chi connectivity index (χ1n) is 11.2. The van der Waals surface area contributed by atoms with E-state index in [9.17, 15) is 14.4 Å². The lowest BCUT2D eigenvalue weighted by molar-refractivity contribution is -0.120. The Morgan fingerprint density at radius 1 is 0.919 bits per heavy atom. The van der Waals surface area contributed by atoms with Crippen LogP contribution < -0.4 is 20.2 Å². The van der Waals surface area contributed by atoms with Gasteiger partial charge < -0.3 is 14.8 Å². The van der Waals surface area contributed by atoms with Gasteiger partial charge in [0, 0.05) is 10.0 Å². The number of hydrogen-bond acceptors (Lipinski definition) is 6. The Kier molecular flexibility index (Phi) is 8.27. The van der Waals surface area contributed by atoms with Gasteiger partial charge in [0.05, 0.1) is 25.4 Å². The number of hydrazone groups is 1. The van der Waals surface area contributed by atoms with Gasteiger partial charge in [0.2, 0.25) is 0 Å². The molecule has 0 aliphatic rings. The van der Waals surface area contributed by atoms with Crippen LogP contribution in [-0.2, 0) is 4.79 Å². The van der Waals surface area contributed by atoms with Crippen molar-refractivity contribution >= 4 is 50.7 Å². The van der Waals surface area contributed by atoms with Crippen molar-refractivity contribution in [2.24, 2.45) is 5.10 Å². The molecule has 9 heteroatoms. The summed E-state index contributed by atoms with van der Waals surface area (Å²) < 4.78 is 11.5. The molecule has 0 aliphatic heterocycles. The lowest BCUT2D eigenvalue weighted by Gasteiger charge is -2.10. The quantitative estimate of drug-likeness (QED) is 0.141. The van der Waals surface area contributed by atoms with Crippen molar-refractivity contribution in [1.82, 2.24) is 10.7 Å². The molecule has 0 bridgehead atoms. The summed E-state index contributed by atoms with van der Waals surface area (Å²) in [7, 11) is 1.45. The molecule has 186 valence electrons. The van der Waals surface area contributed by atoms with Crippen LogP contribution in [0.2, 0.25) is 0 Å². The molecule has 2 amide bonds. The van der Waals surface area contributed by atoms with E-state index in [1.54, 1.807) is 48.5 Å². The van der Waals surface area contributed by atoms with Crippen LogP contribution in [0.15, 0.2) is 94.5 Å². The molecule has 4 aromatic carbocycles. The van der Waals surface area contributed by atoms with Gasteiger partial charge in [-0.1, -0.05) is 58.4 Å². The van der Waals surface area contributed by atoms with E-state index in [1.807, 2.05) is 36.4 Å². The third-order valence-corrected chi connectivity index (χ3v) is 5.79. The number of ether oxygens (including phenoxy) is 2. The summed E-state index contributed by atoms with van der Waals surface area (Å²) in [5, 5.41) is 8.27. The number of nitrogens with one attached hydrogen (secondary N) is 2. The molecule has 0 aliphatic carbocycles. The maximum atomic E-state index is 12.6. The van der Waals surface area contributed by atoms with Gasteiger partial charge in [-0.05, 0) is 58.8 Å². The molecule has 0 aromatic heterocycles. The van der Waals surface area contributed by atoms with Crippen LogP contribution in [0.25, 0.3) is 10.8 Å². The number of amides is 2. The minimum atomic E-state index is -0.529. The maximum Gasteiger partial charge on any atom is 0.343 e. The van der Waals surface area contributed by atoms with Crippen molar-refractivity contribution in [3.63, 3.8) is 0 Å². The van der Waals surface area contributed by atoms with Crippen molar-refractivity contribution in [3.8, 4) is 11.5 Å². The average Bonchev–Trinajstić information content (AvgIpc) is 2.92. The number of carbonyl (C=O) groups is 3. The van der Waals surface area contributed by atoms with Crippen molar-refractivity contribution < 1.29 is 23.9 Å². The van der Waals surface area contributed by atoms with Crippen LogP contribution in [0.1, 0.15) is 26.3 Å². The van der Waals surface area contributed by atoms with Crippen molar-refractivity contribution in [2.75, 3.05) is 13.7 Å². The van der Waals surface area contributed by atoms with Crippen LogP contribution in [-0.4, -0.2) is 37.7 Å². The summed E-state index contributed by atoms with van der Waals surface area (Å²) in [6, 6.07) is 24.6. The first-order valence-corrected chi connectivity index (χ1v) is 12.0. The minimum absolute atomic E-state index is 0.241. The largest absolute Gasteiger partial charge is 0.493 e. The summed E-state index contributed by atoms with van der Waals surface area (Å²) in [6.45, 7) is -0.243. The van der Waals surface area contributed by atoms with Crippen molar-refractivity contribution in [2.45, 2.75) is 0 Å². The lowest BCUT2D eigenvalue weighted by atomic mass is 10.0. The number of hydrogen-bond donors (Lipinski definition) is 2. The molecule has 37 heavy (non-hydrogen) atoms. The number of halogens is 1. The number of methoxy groups -OCH3 is 1. The fourth-order valence-electron chi connectivity index (χ4n) is 3.52. The molecule has 0 heterocycles. The monoisotopic (exact) mass is 559 g/mol. The number of nitrogens with zero attached hydrogens (tertiary/aromatic N) is 1. The highest BCUT2D eigenvalue weighted by Gasteiger charge is 2.14. The van der Waals surface area contributed by atoms with E-state index >= 15 is 0 Å². The smallest absolute Gasteiger partial charge is 0.343 e. The summed E-state index contributed by atoms with van der Waals surface area (Å²) in [5.74, 6) is -0.811. The topological polar surface area (TPSA) is 106 Å². The molecule has 4 rings (SSSR count). The van der Waals surface area contributed by atoms with Crippen molar-refractivity contribution in [3.05, 3.63) is 106 Å². The lowest BCUT2D eigenvalue weighted by Crippen LogP contribution is -2.35. The van der Waals surface area contributed by atoms with E-state index in [0.29, 0.717) is 22.4 Å². The van der Waals surface area contributed by atoms with Gasteiger partial charge in [0.15, 0.2) is 11.5 Å². The number of benzene rings is 4. The highest BCUT2D eigenvalue weighted by Crippen LogP contribution is 2.28. The second kappa shape index (κ2) is 12.0. The van der Waals surface area contributed by atoms with Crippen LogP contribution in [0.5, 0.6) is 11.5 Å². The predicted molar refractivity (Wildman–Crippen MR) is 144 cm³/mol. The van der Waals surface area contributed by atoms with E-state index in [0.717, 1.165) is 15.2 Å². The predicted octanol–water partition coefficient (Wildman–Crippen LogP) is 4.71. The average molecular weight is 560 g/mol. The Bertz CT molecular complexity index is 1500. The summed E-state index contributed by atoms with van der Waals surface area (Å²) in [5.41, 5.74) is 3.84. The maximum absolute atomic E-state index is 12.6. The third-order valence-electron chi connectivity index (χ3n) is 5.30. The third kappa shape index (κ3) is 6.59. The van der Waals surface area contributed by atoms with Gasteiger partial charge in [0.1, 0.15) is 0 Å². The molecule has 0 saturated carbocycles. The highest BCUT2D eigenvalue weighted by molar-refractivity contribution is 9.10. The van der Waals surface area contributed by atoms with Crippen LogP contribution in [0, 0.1) is 0 Å². The Morgan fingerprint density at radius 2 is 1.70 bits per heavy atom. The van der Waals surface area contributed by atoms with Crippen LogP contribution in [0.3, 0.4) is 0 Å². The SMILES string of the molecule is COc1cc(/C=N\NC(=O)CNC(=O)c2cccc3ccccc23)ccc1OC(=O)c1cccc(Br)c1. The molecule has 2 N–H and O–H groups in total. The Labute approximate surface area is 221 Å². The molecule has 4 aromatic rings. The van der Waals surface area contributed by atoms with E-state index < -0.39 is 11.9 Å². The Hall–Kier alpha value is -4.50. The first-order chi connectivity index (χ1) is 17.9. The second-order valence-corrected chi connectivity index (χ2v) is 8.73. The molecule has 0 atom stereocenters. The van der Waals surface area contributed by atoms with Crippen molar-refractivity contribution in [1.29, 1.82) is 0 Å². The molecule has 0 saturated heterocycles. The van der Waals surface area contributed by atoms with E-state index in [-0.39, 0.29) is 18.2 Å². The van der Waals surface area contributed by atoms with Crippen LogP contribution in [0.4, 0.5) is 0 Å². The van der Waals surface area contributed by atoms with Gasteiger partial charge >= 0.3 is 5.97 Å². The number of fused-ring (bicyclic) bond motifs is 1. The summed E-state index contributed by atoms with van der Waals surface area (Å²) in [4.78, 5) is 37.2. The van der Waals surface area contributed by atoms with E-state index in [2.05, 4.69) is 31.8 Å². The molecule has 0 unspecified atom stereocenters. The standard InChI is InChI=1S/C28H22BrN3O5/c1-36-25-14-18(12-13-24(25)37-28(35)20-8-4-9-21(29)15-20)16-31-32-26(33)17-30-27(34)23-11-5-7-19-6-2-3-10-22(19)23/h2-16H,17H2,1H3,(H,30,34)(H,32,33)/b31-16-. The summed E-state index contributed by atoms with van der Waals surface area (Å²) >= 11 is 3.33. The minimum Gasteiger partial charge on any atom is -0.493 e. The van der Waals surface area contributed by atoms with Gasteiger partial charge in [-0.3, -0.25) is 9.59 Å². The number of esters is 1. The number of carbonyl (C=O) groups excluding carboxylic acids is 3. The zero-order valence-electron chi connectivity index (χ0n) is 19.7. The Balaban J connectivity index is 1.32. The van der Waals surface area contributed by atoms with E-state index in [4.69, 9.17) is 9.47 Å². The molecule has 8 nitrogen and oxygen atoms in total. The molecular weight excluding hydrogens is 538 g/mol. The summed E-state index contributed by atoms with van der Waals surface area (Å²) in [6.07, 6.45) is 1.41. The highest BCUT2D eigenvalue weighted by atomic mass is 79.9. The Morgan fingerprint density at radius 3 is 2.51 bits per heavy atom. The normalized spacial score (nSPS) is 10.8. The van der Waals surface area contributed by atoms with E-state index in [1.165, 1.54) is 13.3 Å². The van der Waals surface area contributed by atoms with Gasteiger partial charge in [0.25, 0.3) is 11.8 Å². The van der Waals surface area contributed by atoms with Gasteiger partial charge in [-0.2, -0.15) is 5.10 Å². The van der Waals surface area contributed by atoms with Gasteiger partial charge in [-0.25, -0.2) is 10.2 Å². The van der Waals surface area contributed by atoms with Crippen LogP contribution >= 0.6 is 15.9 Å². The zero-order chi connectivity index (χ0) is 26.2. The fraction of sp³-hybridized carbons (Fsp3) is 0.0714. The fourth-order valence-corrected chi connectivity index (χ4v) is 3.92. The van der Waals surface area contributed by atoms with Gasteiger partial charge in [-0.15, -0.1) is 0 Å². The number of rotatable bonds is 8. The molecule has 0 fully saturated rings. The second-order valence-electron chi connectivity index (χ2n) is 7.81. The molecule has 0 spiro atoms.